The van der Waals surface area contributed by atoms with Crippen LogP contribution < -0.4 is 0 Å². The minimum atomic E-state index is -1.71. The van der Waals surface area contributed by atoms with E-state index in [1.165, 1.54) is 51.4 Å². The number of ketones is 1. The maximum absolute atomic E-state index is 11.7. The van der Waals surface area contributed by atoms with Crippen molar-refractivity contribution in [3.63, 3.8) is 0 Å². The first-order valence-electron chi connectivity index (χ1n) is 10.6. The van der Waals surface area contributed by atoms with Crippen molar-refractivity contribution in [2.75, 3.05) is 0 Å². The lowest BCUT2D eigenvalue weighted by molar-refractivity contribution is -0.135. The zero-order chi connectivity index (χ0) is 19.0. The van der Waals surface area contributed by atoms with E-state index in [-0.39, 0.29) is 5.97 Å². The zero-order valence-corrected chi connectivity index (χ0v) is 18.3. The molecule has 3 nitrogen and oxygen atoms in total. The lowest BCUT2D eigenvalue weighted by Crippen LogP contribution is -2.28. The maximum Gasteiger partial charge on any atom is 0.292 e. The highest BCUT2D eigenvalue weighted by molar-refractivity contribution is 6.71. The van der Waals surface area contributed by atoms with Crippen LogP contribution in [0.25, 0.3) is 0 Å². The van der Waals surface area contributed by atoms with Gasteiger partial charge in [-0.1, -0.05) is 64.7 Å². The summed E-state index contributed by atoms with van der Waals surface area (Å²) in [6.45, 7) is 8.34. The Kier molecular flexibility index (Phi) is 15.2. The highest BCUT2D eigenvalue weighted by Crippen LogP contribution is 2.13. The fourth-order valence-electron chi connectivity index (χ4n) is 2.92. The largest absolute Gasteiger partial charge is 0.520 e. The van der Waals surface area contributed by atoms with Crippen LogP contribution in [0.5, 0.6) is 0 Å². The van der Waals surface area contributed by atoms with Crippen LogP contribution in [0.4, 0.5) is 0 Å². The Balaban J connectivity index is 3.28. The van der Waals surface area contributed by atoms with E-state index in [9.17, 15) is 9.59 Å². The fourth-order valence-corrected chi connectivity index (χ4v) is 3.70. The van der Waals surface area contributed by atoms with Crippen molar-refractivity contribution in [1.82, 2.24) is 0 Å². The molecule has 25 heavy (non-hydrogen) atoms. The third-order valence-electron chi connectivity index (χ3n) is 4.32. The molecule has 4 heteroatoms. The quantitative estimate of drug-likeness (QED) is 0.209. The molecular weight excluding hydrogens is 328 g/mol. The predicted molar refractivity (Wildman–Crippen MR) is 109 cm³/mol. The molecule has 0 unspecified atom stereocenters. The van der Waals surface area contributed by atoms with Crippen molar-refractivity contribution in [1.29, 1.82) is 0 Å². The summed E-state index contributed by atoms with van der Waals surface area (Å²) in [5.74, 6) is 0.444. The van der Waals surface area contributed by atoms with Crippen molar-refractivity contribution in [2.45, 2.75) is 123 Å². The molecule has 0 aromatic carbocycles. The first-order chi connectivity index (χ1) is 11.8. The summed E-state index contributed by atoms with van der Waals surface area (Å²) in [7, 11) is -1.71. The van der Waals surface area contributed by atoms with Crippen molar-refractivity contribution in [2.24, 2.45) is 0 Å². The summed E-state index contributed by atoms with van der Waals surface area (Å²) < 4.78 is 5.44. The summed E-state index contributed by atoms with van der Waals surface area (Å²) in [5.41, 5.74) is 0. The van der Waals surface area contributed by atoms with Crippen molar-refractivity contribution >= 4 is 20.1 Å². The second kappa shape index (κ2) is 15.6. The molecule has 0 amide bonds. The van der Waals surface area contributed by atoms with Gasteiger partial charge < -0.3 is 4.43 Å². The molecule has 0 rings (SSSR count). The molecule has 0 radical (unpaired) electrons. The minimum absolute atomic E-state index is 0.0153. The van der Waals surface area contributed by atoms with Gasteiger partial charge in [0.2, 0.25) is 8.32 Å². The molecular formula is C21H42O3Si. The van der Waals surface area contributed by atoms with Crippen molar-refractivity contribution in [3.8, 4) is 0 Å². The first-order valence-corrected chi connectivity index (χ1v) is 14.0. The monoisotopic (exact) mass is 370 g/mol. The summed E-state index contributed by atoms with van der Waals surface area (Å²) >= 11 is 0. The molecule has 0 atom stereocenters. The summed E-state index contributed by atoms with van der Waals surface area (Å²) in [6, 6.07) is 0. The molecule has 148 valence electrons. The number of unbranched alkanes of at least 4 members (excludes halogenated alkanes) is 10. The van der Waals surface area contributed by atoms with E-state index in [2.05, 4.69) is 6.92 Å². The topological polar surface area (TPSA) is 43.4 Å². The standard InChI is InChI=1S/C21H42O3Si/c1-5-6-7-14-17-20(22)18-15-12-10-8-9-11-13-16-19-21(23)24-25(2,3)4/h5-19H2,1-4H3. The van der Waals surface area contributed by atoms with Crippen LogP contribution in [-0.4, -0.2) is 20.1 Å². The van der Waals surface area contributed by atoms with Crippen LogP contribution in [0.2, 0.25) is 19.6 Å². The smallest absolute Gasteiger partial charge is 0.292 e. The number of Topliss-reactive ketones (excluding diaryl/α,β-unsaturated/α-hetero) is 1. The molecule has 0 aromatic heterocycles. The number of hydrogen-bond acceptors (Lipinski definition) is 3. The third-order valence-corrected chi connectivity index (χ3v) is 5.16. The summed E-state index contributed by atoms with van der Waals surface area (Å²) in [4.78, 5) is 23.3. The Morgan fingerprint density at radius 1 is 0.640 bits per heavy atom. The Labute approximate surface area is 157 Å². The Morgan fingerprint density at radius 2 is 1.04 bits per heavy atom. The molecule has 0 saturated carbocycles. The SMILES string of the molecule is CCCCCCC(=O)CCCCCCCCCCC(=O)O[Si](C)(C)C. The lowest BCUT2D eigenvalue weighted by atomic mass is 10.0. The average molecular weight is 371 g/mol. The first kappa shape index (κ1) is 24.4. The summed E-state index contributed by atoms with van der Waals surface area (Å²) in [6.07, 6.45) is 16.2. The van der Waals surface area contributed by atoms with E-state index in [0.29, 0.717) is 12.2 Å². The van der Waals surface area contributed by atoms with Gasteiger partial charge in [-0.05, 0) is 38.9 Å². The zero-order valence-electron chi connectivity index (χ0n) is 17.3. The molecule has 0 N–H and O–H groups in total. The van der Waals surface area contributed by atoms with Crippen LogP contribution in [0.3, 0.4) is 0 Å². The lowest BCUT2D eigenvalue weighted by Gasteiger charge is -2.17. The van der Waals surface area contributed by atoms with Gasteiger partial charge in [0, 0.05) is 19.3 Å². The summed E-state index contributed by atoms with van der Waals surface area (Å²) in [5, 5.41) is 0. The van der Waals surface area contributed by atoms with Crippen molar-refractivity contribution in [3.05, 3.63) is 0 Å². The van der Waals surface area contributed by atoms with E-state index < -0.39 is 8.32 Å². The second-order valence-corrected chi connectivity index (χ2v) is 12.7. The van der Waals surface area contributed by atoms with Gasteiger partial charge in [-0.2, -0.15) is 0 Å². The van der Waals surface area contributed by atoms with Gasteiger partial charge in [0.05, 0.1) is 0 Å². The average Bonchev–Trinajstić information content (AvgIpc) is 2.51. The van der Waals surface area contributed by atoms with E-state index >= 15 is 0 Å². The molecule has 0 aliphatic rings. The number of hydrogen-bond donors (Lipinski definition) is 0. The van der Waals surface area contributed by atoms with Gasteiger partial charge in [-0.25, -0.2) is 0 Å². The highest BCUT2D eigenvalue weighted by atomic mass is 28.4. The van der Waals surface area contributed by atoms with E-state index in [4.69, 9.17) is 4.43 Å². The normalized spacial score (nSPS) is 11.5. The van der Waals surface area contributed by atoms with Crippen LogP contribution in [0.15, 0.2) is 0 Å². The highest BCUT2D eigenvalue weighted by Gasteiger charge is 2.19. The molecule has 0 aromatic rings. The molecule has 0 aliphatic carbocycles. The van der Waals surface area contributed by atoms with Gasteiger partial charge in [0.1, 0.15) is 5.78 Å². The van der Waals surface area contributed by atoms with Gasteiger partial charge in [-0.15, -0.1) is 0 Å². The van der Waals surface area contributed by atoms with Crippen LogP contribution in [0.1, 0.15) is 103 Å². The van der Waals surface area contributed by atoms with E-state index in [0.717, 1.165) is 38.5 Å². The molecule has 0 aliphatic heterocycles. The maximum atomic E-state index is 11.7. The minimum Gasteiger partial charge on any atom is -0.520 e. The Hall–Kier alpha value is -0.643. The number of carbonyl (C=O) groups excluding carboxylic acids is 2. The van der Waals surface area contributed by atoms with Gasteiger partial charge in [0.25, 0.3) is 5.97 Å². The number of carbonyl (C=O) groups is 2. The Bertz CT molecular complexity index is 348. The molecule has 0 saturated heterocycles. The molecule has 0 spiro atoms. The van der Waals surface area contributed by atoms with E-state index in [1.807, 2.05) is 19.6 Å². The predicted octanol–water partition coefficient (Wildman–Crippen LogP) is 6.81. The van der Waals surface area contributed by atoms with Gasteiger partial charge >= 0.3 is 0 Å². The third kappa shape index (κ3) is 19.5. The molecule has 0 bridgehead atoms. The fraction of sp³-hybridized carbons (Fsp3) is 0.905. The molecule has 0 heterocycles. The Morgan fingerprint density at radius 3 is 1.48 bits per heavy atom. The van der Waals surface area contributed by atoms with E-state index in [1.54, 1.807) is 0 Å². The number of rotatable bonds is 17. The van der Waals surface area contributed by atoms with Crippen molar-refractivity contribution < 1.29 is 14.0 Å². The van der Waals surface area contributed by atoms with Crippen LogP contribution in [0, 0.1) is 0 Å². The molecule has 0 fully saturated rings. The second-order valence-electron chi connectivity index (χ2n) is 8.26. The van der Waals surface area contributed by atoms with Crippen LogP contribution in [-0.2, 0) is 14.0 Å². The van der Waals surface area contributed by atoms with Crippen LogP contribution >= 0.6 is 0 Å². The van der Waals surface area contributed by atoms with Gasteiger partial charge in [0.15, 0.2) is 0 Å². The van der Waals surface area contributed by atoms with Gasteiger partial charge in [-0.3, -0.25) is 9.59 Å².